The predicted molar refractivity (Wildman–Crippen MR) is 45.8 cm³/mol. The molecule has 1 heterocycles. The van der Waals surface area contributed by atoms with Crippen LogP contribution < -0.4 is 10.6 Å². The Balaban J connectivity index is 2.45. The number of hydrogen-bond donors (Lipinski definition) is 2. The molecule has 1 rings (SSSR count). The number of nitrogens with one attached hydrogen (secondary N) is 2. The van der Waals surface area contributed by atoms with Gasteiger partial charge in [0.2, 0.25) is 5.91 Å². The molecule has 0 radical (unpaired) electrons. The predicted octanol–water partition coefficient (Wildman–Crippen LogP) is -0.643. The van der Waals surface area contributed by atoms with Crippen molar-refractivity contribution in [3.05, 3.63) is 0 Å². The summed E-state index contributed by atoms with van der Waals surface area (Å²) in [6.07, 6.45) is 0. The molecule has 2 N–H and O–H groups in total. The van der Waals surface area contributed by atoms with Gasteiger partial charge in [-0.2, -0.15) is 0 Å². The van der Waals surface area contributed by atoms with E-state index in [4.69, 9.17) is 4.74 Å². The fraction of sp³-hybridized carbons (Fsp3) is 0.875. The summed E-state index contributed by atoms with van der Waals surface area (Å²) in [5, 5.41) is 5.86. The zero-order valence-electron chi connectivity index (χ0n) is 7.59. The van der Waals surface area contributed by atoms with Gasteiger partial charge >= 0.3 is 0 Å². The lowest BCUT2D eigenvalue weighted by molar-refractivity contribution is -0.124. The number of carbonyl (C=O) groups is 1. The second kappa shape index (κ2) is 4.42. The molecule has 2 atom stereocenters. The molecule has 0 aromatic heterocycles. The van der Waals surface area contributed by atoms with Crippen LogP contribution in [0.5, 0.6) is 0 Å². The van der Waals surface area contributed by atoms with Crippen molar-refractivity contribution < 1.29 is 9.53 Å². The van der Waals surface area contributed by atoms with Crippen molar-refractivity contribution in [3.63, 3.8) is 0 Å². The number of likely N-dealkylation sites (N-methyl/N-ethyl adjacent to an activating group) is 1. The first-order valence-electron chi connectivity index (χ1n) is 4.32. The molecule has 4 nitrogen and oxygen atoms in total. The van der Waals surface area contributed by atoms with E-state index in [0.717, 1.165) is 6.54 Å². The first-order chi connectivity index (χ1) is 5.79. The number of ether oxygens (including phenoxy) is 1. The van der Waals surface area contributed by atoms with Gasteiger partial charge in [0, 0.05) is 13.1 Å². The lowest BCUT2D eigenvalue weighted by Gasteiger charge is -2.16. The molecular weight excluding hydrogens is 156 g/mol. The normalized spacial score (nSPS) is 28.8. The standard InChI is InChI=1S/C8H16N2O2/c1-3-10-7-5-12-4-6(7)8(11)9-2/h6-7,10H,3-5H2,1-2H3,(H,9,11). The van der Waals surface area contributed by atoms with Gasteiger partial charge < -0.3 is 15.4 Å². The van der Waals surface area contributed by atoms with E-state index >= 15 is 0 Å². The van der Waals surface area contributed by atoms with Crippen LogP contribution in [0.2, 0.25) is 0 Å². The maximum Gasteiger partial charge on any atom is 0.226 e. The Morgan fingerprint density at radius 2 is 2.33 bits per heavy atom. The Hall–Kier alpha value is -0.610. The van der Waals surface area contributed by atoms with Gasteiger partial charge in [-0.15, -0.1) is 0 Å². The van der Waals surface area contributed by atoms with Crippen LogP contribution in [0.1, 0.15) is 6.92 Å². The molecule has 0 bridgehead atoms. The maximum atomic E-state index is 11.3. The summed E-state index contributed by atoms with van der Waals surface area (Å²) in [6, 6.07) is 0.190. The molecule has 4 heteroatoms. The van der Waals surface area contributed by atoms with Gasteiger partial charge in [-0.1, -0.05) is 6.92 Å². The van der Waals surface area contributed by atoms with E-state index in [1.54, 1.807) is 7.05 Å². The number of amides is 1. The highest BCUT2D eigenvalue weighted by atomic mass is 16.5. The second-order valence-electron chi connectivity index (χ2n) is 2.92. The monoisotopic (exact) mass is 172 g/mol. The van der Waals surface area contributed by atoms with E-state index in [0.29, 0.717) is 13.2 Å². The molecule has 1 fully saturated rings. The first-order valence-corrected chi connectivity index (χ1v) is 4.32. The molecule has 0 aromatic carbocycles. The third-order valence-electron chi connectivity index (χ3n) is 2.13. The highest BCUT2D eigenvalue weighted by molar-refractivity contribution is 5.79. The summed E-state index contributed by atoms with van der Waals surface area (Å²) in [5.74, 6) is 0.0494. The summed E-state index contributed by atoms with van der Waals surface area (Å²) in [4.78, 5) is 11.3. The van der Waals surface area contributed by atoms with E-state index in [-0.39, 0.29) is 17.9 Å². The Bertz CT molecular complexity index is 161. The average Bonchev–Trinajstić information content (AvgIpc) is 2.52. The summed E-state index contributed by atoms with van der Waals surface area (Å²) in [7, 11) is 1.66. The number of hydrogen-bond acceptors (Lipinski definition) is 3. The molecule has 1 aliphatic rings. The molecule has 0 aliphatic carbocycles. The molecule has 1 amide bonds. The smallest absolute Gasteiger partial charge is 0.226 e. The van der Waals surface area contributed by atoms with Crippen molar-refractivity contribution in [2.24, 2.45) is 5.92 Å². The molecular formula is C8H16N2O2. The zero-order chi connectivity index (χ0) is 8.97. The Labute approximate surface area is 72.7 Å². The van der Waals surface area contributed by atoms with Gasteiger partial charge in [0.25, 0.3) is 0 Å². The van der Waals surface area contributed by atoms with E-state index < -0.39 is 0 Å². The summed E-state index contributed by atoms with van der Waals surface area (Å²) < 4.78 is 5.22. The zero-order valence-corrected chi connectivity index (χ0v) is 7.59. The van der Waals surface area contributed by atoms with Crippen LogP contribution in [0, 0.1) is 5.92 Å². The van der Waals surface area contributed by atoms with Crippen molar-refractivity contribution in [2.75, 3.05) is 26.8 Å². The maximum absolute atomic E-state index is 11.3. The van der Waals surface area contributed by atoms with Gasteiger partial charge in [0.05, 0.1) is 19.1 Å². The molecule has 0 saturated carbocycles. The lowest BCUT2D eigenvalue weighted by atomic mass is 10.0. The van der Waals surface area contributed by atoms with Crippen molar-refractivity contribution in [1.82, 2.24) is 10.6 Å². The van der Waals surface area contributed by atoms with Crippen molar-refractivity contribution in [1.29, 1.82) is 0 Å². The van der Waals surface area contributed by atoms with Crippen LogP contribution in [0.15, 0.2) is 0 Å². The van der Waals surface area contributed by atoms with Gasteiger partial charge in [-0.3, -0.25) is 4.79 Å². The van der Waals surface area contributed by atoms with E-state index in [2.05, 4.69) is 10.6 Å². The minimum atomic E-state index is -0.0186. The van der Waals surface area contributed by atoms with Crippen LogP contribution in [0.3, 0.4) is 0 Å². The van der Waals surface area contributed by atoms with E-state index in [9.17, 15) is 4.79 Å². The van der Waals surface area contributed by atoms with Crippen LogP contribution in [-0.2, 0) is 9.53 Å². The van der Waals surface area contributed by atoms with Gasteiger partial charge in [0.1, 0.15) is 0 Å². The third kappa shape index (κ3) is 1.95. The SMILES string of the molecule is CCNC1COCC1C(=O)NC. The van der Waals surface area contributed by atoms with Crippen molar-refractivity contribution in [3.8, 4) is 0 Å². The van der Waals surface area contributed by atoms with E-state index in [1.165, 1.54) is 0 Å². The molecule has 1 aliphatic heterocycles. The largest absolute Gasteiger partial charge is 0.379 e. The summed E-state index contributed by atoms with van der Waals surface area (Å²) >= 11 is 0. The van der Waals surface area contributed by atoms with Crippen LogP contribution in [0.25, 0.3) is 0 Å². The Kier molecular flexibility index (Phi) is 3.49. The highest BCUT2D eigenvalue weighted by Gasteiger charge is 2.32. The second-order valence-corrected chi connectivity index (χ2v) is 2.92. The molecule has 0 aromatic rings. The van der Waals surface area contributed by atoms with Crippen LogP contribution in [-0.4, -0.2) is 38.8 Å². The average molecular weight is 172 g/mol. The quantitative estimate of drug-likeness (QED) is 0.595. The molecule has 70 valence electrons. The van der Waals surface area contributed by atoms with E-state index in [1.807, 2.05) is 6.92 Å². The number of carbonyl (C=O) groups excluding carboxylic acids is 1. The topological polar surface area (TPSA) is 50.4 Å². The van der Waals surface area contributed by atoms with Crippen molar-refractivity contribution in [2.45, 2.75) is 13.0 Å². The van der Waals surface area contributed by atoms with Crippen LogP contribution in [0.4, 0.5) is 0 Å². The Morgan fingerprint density at radius 3 is 2.92 bits per heavy atom. The molecule has 0 spiro atoms. The molecule has 12 heavy (non-hydrogen) atoms. The third-order valence-corrected chi connectivity index (χ3v) is 2.13. The first kappa shape index (κ1) is 9.48. The summed E-state index contributed by atoms with van der Waals surface area (Å²) in [6.45, 7) is 4.09. The molecule has 2 unspecified atom stereocenters. The molecule has 1 saturated heterocycles. The number of rotatable bonds is 3. The summed E-state index contributed by atoms with van der Waals surface area (Å²) in [5.41, 5.74) is 0. The van der Waals surface area contributed by atoms with Crippen molar-refractivity contribution >= 4 is 5.91 Å². The minimum Gasteiger partial charge on any atom is -0.379 e. The minimum absolute atomic E-state index is 0.0186. The fourth-order valence-corrected chi connectivity index (χ4v) is 1.46. The van der Waals surface area contributed by atoms with Crippen LogP contribution >= 0.6 is 0 Å². The fourth-order valence-electron chi connectivity index (χ4n) is 1.46. The van der Waals surface area contributed by atoms with Gasteiger partial charge in [-0.25, -0.2) is 0 Å². The lowest BCUT2D eigenvalue weighted by Crippen LogP contribution is -2.42. The van der Waals surface area contributed by atoms with Gasteiger partial charge in [-0.05, 0) is 6.54 Å². The highest BCUT2D eigenvalue weighted by Crippen LogP contribution is 2.13. The Morgan fingerprint density at radius 1 is 1.58 bits per heavy atom. The van der Waals surface area contributed by atoms with Gasteiger partial charge in [0.15, 0.2) is 0 Å².